The fourth-order valence-corrected chi connectivity index (χ4v) is 3.52. The second kappa shape index (κ2) is 5.09. The van der Waals surface area contributed by atoms with Crippen molar-refractivity contribution in [2.45, 2.75) is 27.7 Å². The molecule has 0 unspecified atom stereocenters. The van der Waals surface area contributed by atoms with Gasteiger partial charge < -0.3 is 0 Å². The number of Topliss-reactive ketones (excluding diaryl/α,β-unsaturated/α-hetero) is 2. The first-order valence-corrected chi connectivity index (χ1v) is 7.62. The Hall–Kier alpha value is -2.82. The van der Waals surface area contributed by atoms with Crippen molar-refractivity contribution in [2.75, 3.05) is 7.05 Å². The summed E-state index contributed by atoms with van der Waals surface area (Å²) < 4.78 is 0. The summed E-state index contributed by atoms with van der Waals surface area (Å²) >= 11 is 0. The van der Waals surface area contributed by atoms with E-state index in [0.717, 1.165) is 4.90 Å². The van der Waals surface area contributed by atoms with Crippen molar-refractivity contribution in [3.05, 3.63) is 45.5 Å². The van der Waals surface area contributed by atoms with Crippen LogP contribution in [0.5, 0.6) is 0 Å². The molecule has 0 aromatic heterocycles. The molecule has 0 spiro atoms. The molecule has 2 amide bonds. The summed E-state index contributed by atoms with van der Waals surface area (Å²) in [5, 5.41) is 0.838. The summed E-state index contributed by atoms with van der Waals surface area (Å²) in [7, 11) is 1.44. The first kappa shape index (κ1) is 16.1. The minimum absolute atomic E-state index is 0.199. The minimum atomic E-state index is -0.421. The lowest BCUT2D eigenvalue weighted by molar-refractivity contribution is 0.0649. The van der Waals surface area contributed by atoms with Gasteiger partial charge in [0, 0.05) is 34.5 Å². The number of carbonyl (C=O) groups is 4. The lowest BCUT2D eigenvalue weighted by atomic mass is 9.82. The molecule has 1 heterocycles. The zero-order valence-corrected chi connectivity index (χ0v) is 14.2. The van der Waals surface area contributed by atoms with Crippen molar-refractivity contribution >= 4 is 34.2 Å². The van der Waals surface area contributed by atoms with Gasteiger partial charge in [-0.1, -0.05) is 0 Å². The van der Waals surface area contributed by atoms with Crippen molar-refractivity contribution in [1.82, 2.24) is 4.90 Å². The third kappa shape index (κ3) is 1.94. The van der Waals surface area contributed by atoms with Gasteiger partial charge >= 0.3 is 0 Å². The summed E-state index contributed by atoms with van der Waals surface area (Å²) in [5.74, 6) is -1.24. The highest BCUT2D eigenvalue weighted by Crippen LogP contribution is 2.38. The molecule has 1 aliphatic rings. The van der Waals surface area contributed by atoms with E-state index in [0.29, 0.717) is 44.2 Å². The fourth-order valence-electron chi connectivity index (χ4n) is 3.52. The molecule has 0 saturated carbocycles. The molecule has 1 aliphatic heterocycles. The summed E-state index contributed by atoms with van der Waals surface area (Å²) in [5.41, 5.74) is 2.75. The molecule has 0 bridgehead atoms. The molecule has 0 radical (unpaired) electrons. The van der Waals surface area contributed by atoms with E-state index < -0.39 is 11.8 Å². The standard InChI is InChI=1S/C19H17NO4/c1-8-7-13-17-15(19(24)20(5)18(13)23)9(2)6-12(10(3)21)16(17)14(8)11(4)22/h6-7H,1-5H3. The van der Waals surface area contributed by atoms with Gasteiger partial charge in [-0.05, 0) is 51.0 Å². The molecule has 0 aliphatic carbocycles. The summed E-state index contributed by atoms with van der Waals surface area (Å²) in [6.45, 7) is 6.31. The Kier molecular flexibility index (Phi) is 3.41. The second-order valence-corrected chi connectivity index (χ2v) is 6.26. The predicted octanol–water partition coefficient (Wildman–Crippen LogP) is 3.09. The number of amides is 2. The molecule has 0 N–H and O–H groups in total. The number of nitrogens with zero attached hydrogens (tertiary/aromatic N) is 1. The summed E-state index contributed by atoms with van der Waals surface area (Å²) in [6, 6.07) is 3.27. The molecular formula is C19H17NO4. The van der Waals surface area contributed by atoms with E-state index in [1.807, 2.05) is 0 Å². The van der Waals surface area contributed by atoms with Crippen LogP contribution in [0.2, 0.25) is 0 Å². The van der Waals surface area contributed by atoms with E-state index in [9.17, 15) is 19.2 Å². The van der Waals surface area contributed by atoms with Gasteiger partial charge in [0.1, 0.15) is 0 Å². The Labute approximate surface area is 139 Å². The van der Waals surface area contributed by atoms with Crippen LogP contribution in [0.25, 0.3) is 10.8 Å². The van der Waals surface area contributed by atoms with E-state index >= 15 is 0 Å². The number of rotatable bonds is 2. The first-order valence-electron chi connectivity index (χ1n) is 7.62. The number of ketones is 2. The lowest BCUT2D eigenvalue weighted by Crippen LogP contribution is -2.38. The van der Waals surface area contributed by atoms with Gasteiger partial charge in [-0.25, -0.2) is 0 Å². The van der Waals surface area contributed by atoms with E-state index in [-0.39, 0.29) is 11.6 Å². The van der Waals surface area contributed by atoms with Crippen LogP contribution in [0.3, 0.4) is 0 Å². The molecule has 5 nitrogen and oxygen atoms in total. The van der Waals surface area contributed by atoms with E-state index in [4.69, 9.17) is 0 Å². The molecule has 2 aromatic carbocycles. The Morgan fingerprint density at radius 2 is 1.50 bits per heavy atom. The molecule has 2 aromatic rings. The number of aryl methyl sites for hydroxylation is 2. The zero-order valence-electron chi connectivity index (χ0n) is 14.2. The van der Waals surface area contributed by atoms with Crippen LogP contribution in [-0.4, -0.2) is 35.3 Å². The van der Waals surface area contributed by atoms with Crippen molar-refractivity contribution in [2.24, 2.45) is 0 Å². The van der Waals surface area contributed by atoms with E-state index in [1.54, 1.807) is 26.0 Å². The van der Waals surface area contributed by atoms with Gasteiger partial charge in [-0.15, -0.1) is 0 Å². The quantitative estimate of drug-likeness (QED) is 0.629. The van der Waals surface area contributed by atoms with Crippen LogP contribution in [0.1, 0.15) is 66.4 Å². The molecule has 0 saturated heterocycles. The van der Waals surface area contributed by atoms with Gasteiger partial charge in [0.15, 0.2) is 11.6 Å². The average Bonchev–Trinajstić information content (AvgIpc) is 2.49. The molecule has 3 rings (SSSR count). The van der Waals surface area contributed by atoms with Crippen LogP contribution in [-0.2, 0) is 0 Å². The average molecular weight is 323 g/mol. The topological polar surface area (TPSA) is 71.5 Å². The minimum Gasteiger partial charge on any atom is -0.294 e. The Morgan fingerprint density at radius 3 is 2.04 bits per heavy atom. The highest BCUT2D eigenvalue weighted by molar-refractivity contribution is 6.30. The third-order valence-electron chi connectivity index (χ3n) is 4.58. The van der Waals surface area contributed by atoms with Gasteiger partial charge in [-0.3, -0.25) is 24.1 Å². The maximum Gasteiger partial charge on any atom is 0.261 e. The Balaban J connectivity index is 2.70. The number of imide groups is 1. The van der Waals surface area contributed by atoms with Crippen LogP contribution in [0, 0.1) is 13.8 Å². The highest BCUT2D eigenvalue weighted by atomic mass is 16.2. The highest BCUT2D eigenvalue weighted by Gasteiger charge is 2.34. The number of hydrogen-bond acceptors (Lipinski definition) is 4. The third-order valence-corrected chi connectivity index (χ3v) is 4.58. The van der Waals surface area contributed by atoms with E-state index in [1.165, 1.54) is 20.9 Å². The molecule has 5 heteroatoms. The smallest absolute Gasteiger partial charge is 0.261 e. The van der Waals surface area contributed by atoms with Gasteiger partial charge in [0.2, 0.25) is 0 Å². The number of hydrogen-bond donors (Lipinski definition) is 0. The second-order valence-electron chi connectivity index (χ2n) is 6.26. The molecular weight excluding hydrogens is 306 g/mol. The Morgan fingerprint density at radius 1 is 0.875 bits per heavy atom. The van der Waals surface area contributed by atoms with Crippen molar-refractivity contribution in [3.8, 4) is 0 Å². The van der Waals surface area contributed by atoms with Crippen LogP contribution in [0.4, 0.5) is 0 Å². The first-order chi connectivity index (χ1) is 11.2. The van der Waals surface area contributed by atoms with Gasteiger partial charge in [0.25, 0.3) is 11.8 Å². The predicted molar refractivity (Wildman–Crippen MR) is 89.9 cm³/mol. The Bertz CT molecular complexity index is 985. The van der Waals surface area contributed by atoms with Crippen LogP contribution in [0.15, 0.2) is 12.1 Å². The van der Waals surface area contributed by atoms with Gasteiger partial charge in [0.05, 0.1) is 5.56 Å². The normalized spacial score (nSPS) is 13.6. The molecule has 0 fully saturated rings. The van der Waals surface area contributed by atoms with Crippen molar-refractivity contribution in [3.63, 3.8) is 0 Å². The van der Waals surface area contributed by atoms with Crippen molar-refractivity contribution in [1.29, 1.82) is 0 Å². The lowest BCUT2D eigenvalue weighted by Gasteiger charge is -2.27. The van der Waals surface area contributed by atoms with Crippen LogP contribution >= 0.6 is 0 Å². The zero-order chi connectivity index (χ0) is 17.9. The maximum absolute atomic E-state index is 12.6. The molecule has 122 valence electrons. The molecule has 0 atom stereocenters. The number of benzene rings is 2. The fraction of sp³-hybridized carbons (Fsp3) is 0.263. The van der Waals surface area contributed by atoms with Crippen LogP contribution < -0.4 is 0 Å². The molecule has 24 heavy (non-hydrogen) atoms. The largest absolute Gasteiger partial charge is 0.294 e. The maximum atomic E-state index is 12.6. The number of carbonyl (C=O) groups excluding carboxylic acids is 4. The SMILES string of the molecule is CC(=O)c1cc(C)c2c3c(cc(C)c(C(C)=O)c13)C(=O)N(C)C2=O. The summed E-state index contributed by atoms with van der Waals surface area (Å²) in [6.07, 6.45) is 0. The van der Waals surface area contributed by atoms with Gasteiger partial charge in [-0.2, -0.15) is 0 Å². The monoisotopic (exact) mass is 323 g/mol. The van der Waals surface area contributed by atoms with Crippen molar-refractivity contribution < 1.29 is 19.2 Å². The van der Waals surface area contributed by atoms with E-state index in [2.05, 4.69) is 0 Å². The summed E-state index contributed by atoms with van der Waals surface area (Å²) in [4.78, 5) is 50.6.